The summed E-state index contributed by atoms with van der Waals surface area (Å²) in [5, 5.41) is 0. The molecule has 0 aromatic rings. The molecule has 0 aliphatic carbocycles. The van der Waals surface area contributed by atoms with Crippen LogP contribution in [0.25, 0.3) is 0 Å². The molecule has 0 bridgehead atoms. The van der Waals surface area contributed by atoms with Crippen molar-refractivity contribution in [2.24, 2.45) is 5.92 Å². The molecule has 1 unspecified atom stereocenters. The molecule has 0 spiro atoms. The van der Waals surface area contributed by atoms with Gasteiger partial charge >= 0.3 is 0 Å². The topological polar surface area (TPSA) is 9.23 Å². The van der Waals surface area contributed by atoms with Crippen LogP contribution in [0.4, 0.5) is 0 Å². The molecule has 0 aromatic heterocycles. The van der Waals surface area contributed by atoms with Crippen molar-refractivity contribution in [3.8, 4) is 0 Å². The van der Waals surface area contributed by atoms with Crippen molar-refractivity contribution >= 4 is 32.2 Å². The number of hydrogen-bond acceptors (Lipinski definition) is 1. The summed E-state index contributed by atoms with van der Waals surface area (Å²) >= 11 is 11.6. The van der Waals surface area contributed by atoms with E-state index in [0.29, 0.717) is 5.92 Å². The fraction of sp³-hybridized carbons (Fsp3) is 1.00. The van der Waals surface area contributed by atoms with E-state index in [1.807, 2.05) is 0 Å². The van der Waals surface area contributed by atoms with Crippen molar-refractivity contribution in [1.29, 1.82) is 0 Å². The second-order valence-corrected chi connectivity index (χ2v) is 6.74. The molecule has 0 aliphatic heterocycles. The Labute approximate surface area is 87.1 Å². The summed E-state index contributed by atoms with van der Waals surface area (Å²) < 4.78 is 5.66. The van der Waals surface area contributed by atoms with Crippen LogP contribution in [-0.2, 0) is 4.43 Å². The molecule has 0 aromatic carbocycles. The van der Waals surface area contributed by atoms with Gasteiger partial charge in [0.2, 0.25) is 9.04 Å². The van der Waals surface area contributed by atoms with Crippen LogP contribution in [0.5, 0.6) is 0 Å². The molecule has 0 saturated heterocycles. The first kappa shape index (κ1) is 12.8. The SMILES string of the molecule is CC(C)CC(O[Si](C)C)C(Cl)Cl. The van der Waals surface area contributed by atoms with Crippen molar-refractivity contribution in [1.82, 2.24) is 0 Å². The van der Waals surface area contributed by atoms with Crippen LogP contribution in [0.2, 0.25) is 13.1 Å². The summed E-state index contributed by atoms with van der Waals surface area (Å²) in [6, 6.07) is 0. The molecule has 73 valence electrons. The lowest BCUT2D eigenvalue weighted by Crippen LogP contribution is -2.27. The van der Waals surface area contributed by atoms with Gasteiger partial charge in [0.05, 0.1) is 6.10 Å². The van der Waals surface area contributed by atoms with Crippen molar-refractivity contribution in [3.05, 3.63) is 0 Å². The van der Waals surface area contributed by atoms with Gasteiger partial charge in [0.15, 0.2) is 0 Å². The minimum Gasteiger partial charge on any atom is -0.412 e. The Morgan fingerprint density at radius 3 is 2.00 bits per heavy atom. The van der Waals surface area contributed by atoms with Crippen LogP contribution >= 0.6 is 23.2 Å². The normalized spacial score (nSPS) is 14.8. The van der Waals surface area contributed by atoms with Gasteiger partial charge in [-0.1, -0.05) is 13.8 Å². The van der Waals surface area contributed by atoms with E-state index in [4.69, 9.17) is 27.6 Å². The van der Waals surface area contributed by atoms with Gasteiger partial charge in [-0.2, -0.15) is 0 Å². The van der Waals surface area contributed by atoms with Gasteiger partial charge in [-0.25, -0.2) is 0 Å². The summed E-state index contributed by atoms with van der Waals surface area (Å²) in [5.41, 5.74) is 0. The first-order valence-electron chi connectivity index (χ1n) is 4.18. The molecule has 0 saturated carbocycles. The molecule has 0 rings (SSSR count). The molecular formula is C8H17Cl2OSi. The minimum absolute atomic E-state index is 0.0113. The third-order valence-electron chi connectivity index (χ3n) is 1.37. The zero-order valence-electron chi connectivity index (χ0n) is 8.10. The lowest BCUT2D eigenvalue weighted by atomic mass is 10.1. The summed E-state index contributed by atoms with van der Waals surface area (Å²) in [6.45, 7) is 8.47. The van der Waals surface area contributed by atoms with E-state index >= 15 is 0 Å². The lowest BCUT2D eigenvalue weighted by Gasteiger charge is -2.22. The molecule has 0 aliphatic rings. The van der Waals surface area contributed by atoms with Gasteiger partial charge in [0.1, 0.15) is 4.84 Å². The highest BCUT2D eigenvalue weighted by atomic mass is 35.5. The van der Waals surface area contributed by atoms with E-state index in [2.05, 4.69) is 26.9 Å². The summed E-state index contributed by atoms with van der Waals surface area (Å²) in [4.78, 5) is -0.396. The van der Waals surface area contributed by atoms with Crippen LogP contribution in [0, 0.1) is 5.92 Å². The molecule has 12 heavy (non-hydrogen) atoms. The number of rotatable bonds is 5. The highest BCUT2D eigenvalue weighted by Gasteiger charge is 2.20. The largest absolute Gasteiger partial charge is 0.412 e. The molecule has 4 heteroatoms. The fourth-order valence-corrected chi connectivity index (χ4v) is 2.29. The van der Waals surface area contributed by atoms with E-state index in [9.17, 15) is 0 Å². The standard InChI is InChI=1S/C8H17Cl2OSi/c1-6(2)5-7(8(9)10)11-12(3)4/h6-8H,5H2,1-4H3. The van der Waals surface area contributed by atoms with Gasteiger partial charge in [0.25, 0.3) is 0 Å². The maximum Gasteiger partial charge on any atom is 0.205 e. The number of alkyl halides is 2. The highest BCUT2D eigenvalue weighted by Crippen LogP contribution is 2.19. The van der Waals surface area contributed by atoms with Crippen LogP contribution in [0.1, 0.15) is 20.3 Å². The van der Waals surface area contributed by atoms with E-state index < -0.39 is 13.9 Å². The monoisotopic (exact) mass is 227 g/mol. The maximum atomic E-state index is 5.79. The van der Waals surface area contributed by atoms with Gasteiger partial charge in [-0.05, 0) is 25.4 Å². The van der Waals surface area contributed by atoms with E-state index in [0.717, 1.165) is 6.42 Å². The van der Waals surface area contributed by atoms with Gasteiger partial charge in [-0.3, -0.25) is 0 Å². The average molecular weight is 228 g/mol. The second kappa shape index (κ2) is 6.25. The van der Waals surface area contributed by atoms with Crippen LogP contribution in [0.3, 0.4) is 0 Å². The van der Waals surface area contributed by atoms with Crippen molar-refractivity contribution < 1.29 is 4.43 Å². The lowest BCUT2D eigenvalue weighted by molar-refractivity contribution is 0.190. The molecule has 0 amide bonds. The Morgan fingerprint density at radius 2 is 1.75 bits per heavy atom. The van der Waals surface area contributed by atoms with Crippen LogP contribution in [0.15, 0.2) is 0 Å². The second-order valence-electron chi connectivity index (χ2n) is 3.53. The fourth-order valence-electron chi connectivity index (χ4n) is 0.970. The summed E-state index contributed by atoms with van der Waals surface area (Å²) in [6.07, 6.45) is 0.949. The first-order chi connectivity index (χ1) is 5.43. The average Bonchev–Trinajstić information content (AvgIpc) is 1.83. The third kappa shape index (κ3) is 6.29. The maximum absolute atomic E-state index is 5.79. The summed E-state index contributed by atoms with van der Waals surface area (Å²) in [7, 11) is -0.692. The highest BCUT2D eigenvalue weighted by molar-refractivity contribution is 6.49. The summed E-state index contributed by atoms with van der Waals surface area (Å²) in [5.74, 6) is 0.580. The number of halogens is 2. The Bertz CT molecular complexity index is 108. The Balaban J connectivity index is 3.87. The smallest absolute Gasteiger partial charge is 0.205 e. The van der Waals surface area contributed by atoms with Crippen LogP contribution in [-0.4, -0.2) is 20.0 Å². The number of hydrogen-bond donors (Lipinski definition) is 0. The first-order valence-corrected chi connectivity index (χ1v) is 7.46. The predicted molar refractivity (Wildman–Crippen MR) is 57.3 cm³/mol. The minimum atomic E-state index is -0.692. The Morgan fingerprint density at radius 1 is 1.25 bits per heavy atom. The molecule has 1 atom stereocenters. The van der Waals surface area contributed by atoms with E-state index in [1.165, 1.54) is 0 Å². The molecule has 1 radical (unpaired) electrons. The molecular weight excluding hydrogens is 211 g/mol. The van der Waals surface area contributed by atoms with Gasteiger partial charge in [0, 0.05) is 0 Å². The zero-order chi connectivity index (χ0) is 9.72. The van der Waals surface area contributed by atoms with Crippen LogP contribution < -0.4 is 0 Å². The van der Waals surface area contributed by atoms with Gasteiger partial charge < -0.3 is 4.43 Å². The zero-order valence-corrected chi connectivity index (χ0v) is 10.6. The molecule has 0 fully saturated rings. The van der Waals surface area contributed by atoms with E-state index in [1.54, 1.807) is 0 Å². The molecule has 0 heterocycles. The van der Waals surface area contributed by atoms with Crippen molar-refractivity contribution in [2.75, 3.05) is 0 Å². The molecule has 1 nitrogen and oxygen atoms in total. The molecule has 0 N–H and O–H groups in total. The van der Waals surface area contributed by atoms with Crippen molar-refractivity contribution in [2.45, 2.75) is 44.3 Å². The van der Waals surface area contributed by atoms with Crippen molar-refractivity contribution in [3.63, 3.8) is 0 Å². The van der Waals surface area contributed by atoms with E-state index in [-0.39, 0.29) is 6.10 Å². The quantitative estimate of drug-likeness (QED) is 0.517. The van der Waals surface area contributed by atoms with Gasteiger partial charge in [-0.15, -0.1) is 23.2 Å². The Hall–Kier alpha value is 0.757. The predicted octanol–water partition coefficient (Wildman–Crippen LogP) is 3.47. The third-order valence-corrected chi connectivity index (χ3v) is 2.71. The Kier molecular flexibility index (Phi) is 6.64.